The predicted octanol–water partition coefficient (Wildman–Crippen LogP) is 2.92. The van der Waals surface area contributed by atoms with Crippen LogP contribution in [-0.4, -0.2) is 35.1 Å². The molecule has 27 heavy (non-hydrogen) atoms. The summed E-state index contributed by atoms with van der Waals surface area (Å²) < 4.78 is 3.54. The van der Waals surface area contributed by atoms with Crippen molar-refractivity contribution in [1.82, 2.24) is 24.4 Å². The lowest BCUT2D eigenvalue weighted by Crippen LogP contribution is -2.14. The van der Waals surface area contributed by atoms with E-state index in [-0.39, 0.29) is 0 Å². The molecule has 0 aliphatic heterocycles. The predicted molar refractivity (Wildman–Crippen MR) is 104 cm³/mol. The molecule has 4 aromatic rings. The van der Waals surface area contributed by atoms with Gasteiger partial charge in [0.1, 0.15) is 16.8 Å². The van der Waals surface area contributed by atoms with Crippen LogP contribution in [0.1, 0.15) is 19.5 Å². The molecule has 0 spiro atoms. The molecular formula is C21H19N5O. The quantitative estimate of drug-likeness (QED) is 0.560. The molecule has 0 saturated carbocycles. The minimum absolute atomic E-state index is 0.587. The number of hydrogen-bond donors (Lipinski definition) is 1. The third kappa shape index (κ3) is 3.46. The van der Waals surface area contributed by atoms with Crippen LogP contribution in [0, 0.1) is 11.8 Å². The number of benzene rings is 1. The van der Waals surface area contributed by atoms with Crippen molar-refractivity contribution in [1.29, 1.82) is 0 Å². The molecule has 4 rings (SSSR count). The lowest BCUT2D eigenvalue weighted by Gasteiger charge is -2.06. The van der Waals surface area contributed by atoms with Crippen LogP contribution >= 0.6 is 0 Å². The zero-order valence-corrected chi connectivity index (χ0v) is 15.4. The normalized spacial score (nSPS) is 11.4. The molecule has 0 aliphatic rings. The lowest BCUT2D eigenvalue weighted by molar-refractivity contribution is 0.143. The molecule has 0 unspecified atom stereocenters. The topological polar surface area (TPSA) is 68.2 Å². The highest BCUT2D eigenvalue weighted by molar-refractivity contribution is 5.84. The first-order valence-electron chi connectivity index (χ1n) is 8.58. The van der Waals surface area contributed by atoms with Crippen molar-refractivity contribution in [2.24, 2.45) is 7.05 Å². The molecule has 0 fully saturated rings. The van der Waals surface area contributed by atoms with Crippen LogP contribution in [0.2, 0.25) is 0 Å². The number of nitrogens with zero attached hydrogens (tertiary/aromatic N) is 5. The second-order valence-electron chi connectivity index (χ2n) is 6.92. The summed E-state index contributed by atoms with van der Waals surface area (Å²) >= 11 is 0. The van der Waals surface area contributed by atoms with Crippen LogP contribution in [0.15, 0.2) is 55.2 Å². The molecule has 0 radical (unpaired) electrons. The summed E-state index contributed by atoms with van der Waals surface area (Å²) in [4.78, 5) is 4.38. The zero-order chi connectivity index (χ0) is 19.0. The Kier molecular flexibility index (Phi) is 4.02. The van der Waals surface area contributed by atoms with Crippen molar-refractivity contribution in [2.45, 2.75) is 19.4 Å². The molecular weight excluding hydrogens is 338 g/mol. The van der Waals surface area contributed by atoms with Crippen molar-refractivity contribution < 1.29 is 5.11 Å². The van der Waals surface area contributed by atoms with Gasteiger partial charge in [0, 0.05) is 36.8 Å². The molecule has 0 aliphatic carbocycles. The number of fused-ring (bicyclic) bond motifs is 1. The molecule has 0 bridgehead atoms. The van der Waals surface area contributed by atoms with Gasteiger partial charge in [-0.25, -0.2) is 9.50 Å². The van der Waals surface area contributed by atoms with E-state index in [1.54, 1.807) is 35.4 Å². The van der Waals surface area contributed by atoms with Crippen LogP contribution in [0.5, 0.6) is 0 Å². The van der Waals surface area contributed by atoms with E-state index in [0.29, 0.717) is 5.69 Å². The van der Waals surface area contributed by atoms with Crippen molar-refractivity contribution in [3.8, 4) is 34.1 Å². The smallest absolute Gasteiger partial charge is 0.139 e. The van der Waals surface area contributed by atoms with Gasteiger partial charge < -0.3 is 5.11 Å². The molecule has 1 N–H and O–H groups in total. The third-order valence-electron chi connectivity index (χ3n) is 4.15. The Bertz CT molecular complexity index is 1170. The SMILES string of the molecule is Cn1cc(-c2ccc(-c3cnn4ccnc(C#CC(C)(C)O)c34)cc2)cn1. The van der Waals surface area contributed by atoms with Gasteiger partial charge in [-0.3, -0.25) is 4.68 Å². The molecule has 6 heteroatoms. The Hall–Kier alpha value is -3.43. The monoisotopic (exact) mass is 357 g/mol. The number of rotatable bonds is 2. The van der Waals surface area contributed by atoms with Crippen molar-refractivity contribution in [3.05, 3.63) is 60.9 Å². The van der Waals surface area contributed by atoms with E-state index in [0.717, 1.165) is 27.8 Å². The highest BCUT2D eigenvalue weighted by atomic mass is 16.3. The van der Waals surface area contributed by atoms with Crippen molar-refractivity contribution >= 4 is 5.52 Å². The summed E-state index contributed by atoms with van der Waals surface area (Å²) in [7, 11) is 1.90. The largest absolute Gasteiger partial charge is 0.378 e. The van der Waals surface area contributed by atoms with E-state index in [9.17, 15) is 5.11 Å². The average molecular weight is 357 g/mol. The first kappa shape index (κ1) is 17.0. The van der Waals surface area contributed by atoms with Crippen LogP contribution in [-0.2, 0) is 7.05 Å². The fourth-order valence-electron chi connectivity index (χ4n) is 2.87. The van der Waals surface area contributed by atoms with Gasteiger partial charge in [-0.05, 0) is 30.9 Å². The minimum Gasteiger partial charge on any atom is -0.378 e. The third-order valence-corrected chi connectivity index (χ3v) is 4.15. The molecule has 3 aromatic heterocycles. The van der Waals surface area contributed by atoms with E-state index in [2.05, 4.69) is 51.3 Å². The average Bonchev–Trinajstić information content (AvgIpc) is 3.26. The van der Waals surface area contributed by atoms with E-state index >= 15 is 0 Å². The standard InChI is InChI=1S/C21H19N5O/c1-21(2,27)9-8-19-20-18(13-24-26(20)11-10-22-19)16-6-4-15(5-7-16)17-12-23-25(3)14-17/h4-7,10-14,27H,1-3H3. The Labute approximate surface area is 157 Å². The maximum absolute atomic E-state index is 9.90. The summed E-state index contributed by atoms with van der Waals surface area (Å²) in [5, 5.41) is 18.5. The molecule has 134 valence electrons. The van der Waals surface area contributed by atoms with E-state index < -0.39 is 5.60 Å². The molecule has 0 amide bonds. The number of aliphatic hydroxyl groups is 1. The van der Waals surface area contributed by atoms with Crippen LogP contribution in [0.25, 0.3) is 27.8 Å². The second-order valence-corrected chi connectivity index (χ2v) is 6.92. The summed E-state index contributed by atoms with van der Waals surface area (Å²) in [5.41, 5.74) is 4.47. The van der Waals surface area contributed by atoms with E-state index in [1.165, 1.54) is 0 Å². The van der Waals surface area contributed by atoms with Crippen LogP contribution < -0.4 is 0 Å². The minimum atomic E-state index is -1.08. The Morgan fingerprint density at radius 2 is 1.74 bits per heavy atom. The van der Waals surface area contributed by atoms with Gasteiger partial charge in [0.2, 0.25) is 0 Å². The Morgan fingerprint density at radius 1 is 1.00 bits per heavy atom. The first-order valence-corrected chi connectivity index (χ1v) is 8.58. The first-order chi connectivity index (χ1) is 12.9. The maximum Gasteiger partial charge on any atom is 0.139 e. The van der Waals surface area contributed by atoms with Gasteiger partial charge in [-0.2, -0.15) is 10.2 Å². The molecule has 6 nitrogen and oxygen atoms in total. The van der Waals surface area contributed by atoms with Gasteiger partial charge in [0.15, 0.2) is 0 Å². The number of aromatic nitrogens is 5. The molecule has 3 heterocycles. The fraction of sp³-hybridized carbons (Fsp3) is 0.190. The summed E-state index contributed by atoms with van der Waals surface area (Å²) in [5.74, 6) is 5.81. The van der Waals surface area contributed by atoms with Crippen LogP contribution in [0.4, 0.5) is 0 Å². The number of hydrogen-bond acceptors (Lipinski definition) is 4. The molecule has 1 aromatic carbocycles. The summed E-state index contributed by atoms with van der Waals surface area (Å²) in [6, 6.07) is 8.24. The summed E-state index contributed by atoms with van der Waals surface area (Å²) in [6.45, 7) is 3.29. The van der Waals surface area contributed by atoms with Crippen LogP contribution in [0.3, 0.4) is 0 Å². The zero-order valence-electron chi connectivity index (χ0n) is 15.4. The number of aryl methyl sites for hydroxylation is 1. The summed E-state index contributed by atoms with van der Waals surface area (Å²) in [6.07, 6.45) is 9.09. The Morgan fingerprint density at radius 3 is 2.41 bits per heavy atom. The maximum atomic E-state index is 9.90. The van der Waals surface area contributed by atoms with Gasteiger partial charge in [0.25, 0.3) is 0 Å². The Balaban J connectivity index is 1.79. The van der Waals surface area contributed by atoms with Crippen molar-refractivity contribution in [2.75, 3.05) is 0 Å². The van der Waals surface area contributed by atoms with Gasteiger partial charge in [0.05, 0.1) is 12.4 Å². The van der Waals surface area contributed by atoms with Gasteiger partial charge in [-0.15, -0.1) is 0 Å². The van der Waals surface area contributed by atoms with E-state index in [4.69, 9.17) is 0 Å². The molecule has 0 saturated heterocycles. The molecule has 0 atom stereocenters. The van der Waals surface area contributed by atoms with Gasteiger partial charge >= 0.3 is 0 Å². The highest BCUT2D eigenvalue weighted by Gasteiger charge is 2.13. The van der Waals surface area contributed by atoms with Gasteiger partial charge in [-0.1, -0.05) is 30.2 Å². The fourth-order valence-corrected chi connectivity index (χ4v) is 2.87. The lowest BCUT2D eigenvalue weighted by atomic mass is 10.0. The van der Waals surface area contributed by atoms with Crippen molar-refractivity contribution in [3.63, 3.8) is 0 Å². The highest BCUT2D eigenvalue weighted by Crippen LogP contribution is 2.28. The second kappa shape index (κ2) is 6.38. The van der Waals surface area contributed by atoms with E-state index in [1.807, 2.05) is 25.6 Å².